The molecule has 0 bridgehead atoms. The van der Waals surface area contributed by atoms with Crippen LogP contribution >= 0.6 is 0 Å². The van der Waals surface area contributed by atoms with Gasteiger partial charge in [0.2, 0.25) is 0 Å². The Labute approximate surface area is 186 Å². The maximum absolute atomic E-state index is 13.1. The van der Waals surface area contributed by atoms with Gasteiger partial charge in [-0.3, -0.25) is 14.3 Å². The van der Waals surface area contributed by atoms with E-state index in [1.54, 1.807) is 10.6 Å². The van der Waals surface area contributed by atoms with Crippen LogP contribution in [0.5, 0.6) is 0 Å². The summed E-state index contributed by atoms with van der Waals surface area (Å²) >= 11 is 0. The van der Waals surface area contributed by atoms with Crippen LogP contribution in [0.15, 0.2) is 35.1 Å². The summed E-state index contributed by atoms with van der Waals surface area (Å²) in [6, 6.07) is 10.0. The second-order valence-electron chi connectivity index (χ2n) is 9.07. The van der Waals surface area contributed by atoms with Gasteiger partial charge in [-0.25, -0.2) is 0 Å². The van der Waals surface area contributed by atoms with Gasteiger partial charge in [-0.05, 0) is 63.3 Å². The van der Waals surface area contributed by atoms with Crippen LogP contribution in [0.4, 0.5) is 0 Å². The minimum Gasteiger partial charge on any atom is -0.392 e. The van der Waals surface area contributed by atoms with E-state index < -0.39 is 6.10 Å². The summed E-state index contributed by atoms with van der Waals surface area (Å²) in [4.78, 5) is 15.5. The van der Waals surface area contributed by atoms with Crippen LogP contribution in [0, 0.1) is 19.3 Å². The molecular weight excluding hydrogens is 386 g/mol. The molecule has 3 atom stereocenters. The van der Waals surface area contributed by atoms with Gasteiger partial charge < -0.3 is 10.5 Å². The summed E-state index contributed by atoms with van der Waals surface area (Å²) in [7, 11) is 0. The molecule has 2 N–H and O–H groups in total. The second kappa shape index (κ2) is 10.4. The summed E-state index contributed by atoms with van der Waals surface area (Å²) in [5.41, 5.74) is 4.16. The summed E-state index contributed by atoms with van der Waals surface area (Å²) in [6.07, 6.45) is 6.23. The molecule has 31 heavy (non-hydrogen) atoms. The van der Waals surface area contributed by atoms with E-state index in [2.05, 4.69) is 18.7 Å². The Hall–Kier alpha value is -2.24. The lowest BCUT2D eigenvalue weighted by Gasteiger charge is -2.37. The molecule has 2 heterocycles. The normalized spacial score (nSPS) is 19.2. The van der Waals surface area contributed by atoms with Gasteiger partial charge in [-0.15, -0.1) is 0 Å². The largest absolute Gasteiger partial charge is 0.392 e. The topological polar surface area (TPSA) is 69.3 Å². The summed E-state index contributed by atoms with van der Waals surface area (Å²) in [6.45, 7) is 9.89. The average molecular weight is 424 g/mol. The summed E-state index contributed by atoms with van der Waals surface area (Å²) in [5.74, 6) is -0.0660. The molecule has 1 aromatic carbocycles. The fourth-order valence-corrected chi connectivity index (χ4v) is 5.13. The molecule has 0 amide bonds. The zero-order valence-electron chi connectivity index (χ0n) is 19.4. The second-order valence-corrected chi connectivity index (χ2v) is 9.07. The van der Waals surface area contributed by atoms with Gasteiger partial charge in [-0.1, -0.05) is 38.5 Å². The molecule has 3 rings (SSSR count). The van der Waals surface area contributed by atoms with Crippen molar-refractivity contribution >= 4 is 6.21 Å². The molecule has 1 aliphatic rings. The van der Waals surface area contributed by atoms with E-state index >= 15 is 0 Å². The fourth-order valence-electron chi connectivity index (χ4n) is 5.13. The Morgan fingerprint density at radius 1 is 1.23 bits per heavy atom. The highest BCUT2D eigenvalue weighted by molar-refractivity contribution is 5.81. The van der Waals surface area contributed by atoms with Gasteiger partial charge >= 0.3 is 0 Å². The number of β-amino-alcohol motifs (C(OH)–C–C–N with tert-alkyl or cyclic N) is 1. The lowest BCUT2D eigenvalue weighted by Crippen LogP contribution is -2.43. The lowest BCUT2D eigenvalue weighted by atomic mass is 9.92. The van der Waals surface area contributed by atoms with E-state index in [1.165, 1.54) is 25.5 Å². The predicted octanol–water partition coefficient (Wildman–Crippen LogP) is 4.57. The van der Waals surface area contributed by atoms with Crippen LogP contribution in [-0.4, -0.2) is 46.0 Å². The minimum atomic E-state index is -0.471. The highest BCUT2D eigenvalue weighted by atomic mass is 16.3. The number of nitrogens with one attached hydrogen (secondary N) is 1. The van der Waals surface area contributed by atoms with Crippen molar-refractivity contribution in [1.29, 1.82) is 5.41 Å². The van der Waals surface area contributed by atoms with E-state index in [9.17, 15) is 9.90 Å². The summed E-state index contributed by atoms with van der Waals surface area (Å²) < 4.78 is 1.75. The van der Waals surface area contributed by atoms with Gasteiger partial charge in [0.1, 0.15) is 0 Å². The van der Waals surface area contributed by atoms with Crippen molar-refractivity contribution in [2.45, 2.75) is 77.9 Å². The number of hydrogen-bond donors (Lipinski definition) is 2. The molecule has 5 heteroatoms. The van der Waals surface area contributed by atoms with Crippen molar-refractivity contribution in [1.82, 2.24) is 9.47 Å². The van der Waals surface area contributed by atoms with E-state index in [0.29, 0.717) is 19.0 Å². The Morgan fingerprint density at radius 2 is 1.97 bits per heavy atom. The Morgan fingerprint density at radius 3 is 2.65 bits per heavy atom. The van der Waals surface area contributed by atoms with E-state index in [1.807, 2.05) is 38.1 Å². The third-order valence-electron chi connectivity index (χ3n) is 6.76. The molecule has 0 spiro atoms. The average Bonchev–Trinajstić information content (AvgIpc) is 2.74. The molecule has 1 aromatic heterocycles. The highest BCUT2D eigenvalue weighted by Crippen LogP contribution is 2.29. The Bertz CT molecular complexity index is 966. The van der Waals surface area contributed by atoms with Gasteiger partial charge in [-0.2, -0.15) is 0 Å². The number of benzene rings is 1. The minimum absolute atomic E-state index is 0.0660. The molecule has 0 saturated carbocycles. The van der Waals surface area contributed by atoms with E-state index in [0.717, 1.165) is 41.0 Å². The number of aliphatic hydroxyl groups is 1. The third-order valence-corrected chi connectivity index (χ3v) is 6.76. The van der Waals surface area contributed by atoms with Crippen LogP contribution in [0.2, 0.25) is 0 Å². The number of aromatic nitrogens is 1. The molecule has 2 aromatic rings. The van der Waals surface area contributed by atoms with Gasteiger partial charge in [0.25, 0.3) is 5.56 Å². The van der Waals surface area contributed by atoms with Crippen LogP contribution in [0.1, 0.15) is 74.3 Å². The van der Waals surface area contributed by atoms with Gasteiger partial charge in [0.05, 0.1) is 11.8 Å². The molecule has 1 fully saturated rings. The molecule has 168 valence electrons. The number of piperidine rings is 1. The molecule has 1 saturated heterocycles. The third kappa shape index (κ3) is 5.16. The highest BCUT2D eigenvalue weighted by Gasteiger charge is 2.26. The van der Waals surface area contributed by atoms with Crippen LogP contribution in [-0.2, 0) is 0 Å². The maximum atomic E-state index is 13.1. The first-order valence-electron chi connectivity index (χ1n) is 11.6. The number of aliphatic hydroxyl groups excluding tert-OH is 1. The number of nitrogens with zero attached hydrogens (tertiary/aromatic N) is 2. The number of rotatable bonds is 8. The Kier molecular flexibility index (Phi) is 7.84. The monoisotopic (exact) mass is 423 g/mol. The standard InChI is InChI=1S/C26H37N3O2/c1-5-21-11-8-9-13-28(21)17-22(30)14-20(4)26-23(16-27)19(3)15-25(31)29(26)24-12-7-6-10-18(24)2/h6-7,10,12,15-16,20-22,27,30H,5,8-9,11,13-14,17H2,1-4H3. The SMILES string of the molecule is CCC1CCCCN1CC(O)CC(C)c1c(C=N)c(C)cc(=O)n1-c1ccccc1C. The molecule has 0 radical (unpaired) electrons. The molecular formula is C26H37N3O2. The van der Waals surface area contributed by atoms with Gasteiger partial charge in [0, 0.05) is 42.0 Å². The molecule has 1 aliphatic heterocycles. The van der Waals surface area contributed by atoms with Crippen molar-refractivity contribution in [3.63, 3.8) is 0 Å². The van der Waals surface area contributed by atoms with Crippen LogP contribution < -0.4 is 5.56 Å². The molecule has 0 aliphatic carbocycles. The van der Waals surface area contributed by atoms with Crippen molar-refractivity contribution in [3.8, 4) is 5.69 Å². The van der Waals surface area contributed by atoms with Gasteiger partial charge in [0.15, 0.2) is 0 Å². The van der Waals surface area contributed by atoms with Crippen molar-refractivity contribution in [3.05, 3.63) is 63.1 Å². The molecule has 3 unspecified atom stereocenters. The van der Waals surface area contributed by atoms with Crippen molar-refractivity contribution in [2.75, 3.05) is 13.1 Å². The van der Waals surface area contributed by atoms with Crippen LogP contribution in [0.25, 0.3) is 5.69 Å². The smallest absolute Gasteiger partial charge is 0.255 e. The Balaban J connectivity index is 1.94. The zero-order valence-corrected chi connectivity index (χ0v) is 19.4. The lowest BCUT2D eigenvalue weighted by molar-refractivity contribution is 0.0583. The predicted molar refractivity (Wildman–Crippen MR) is 128 cm³/mol. The number of hydrogen-bond acceptors (Lipinski definition) is 4. The first kappa shape index (κ1) is 23.4. The molecule has 5 nitrogen and oxygen atoms in total. The number of aryl methyl sites for hydroxylation is 2. The zero-order chi connectivity index (χ0) is 22.5. The first-order chi connectivity index (χ1) is 14.9. The van der Waals surface area contributed by atoms with Crippen LogP contribution in [0.3, 0.4) is 0 Å². The quantitative estimate of drug-likeness (QED) is 0.611. The fraction of sp³-hybridized carbons (Fsp3) is 0.538. The first-order valence-corrected chi connectivity index (χ1v) is 11.6. The van der Waals surface area contributed by atoms with E-state index in [-0.39, 0.29) is 11.5 Å². The number of likely N-dealkylation sites (tertiary alicyclic amines) is 1. The number of para-hydroxylation sites is 1. The summed E-state index contributed by atoms with van der Waals surface area (Å²) in [5, 5.41) is 19.0. The van der Waals surface area contributed by atoms with Crippen molar-refractivity contribution < 1.29 is 5.11 Å². The van der Waals surface area contributed by atoms with E-state index in [4.69, 9.17) is 5.41 Å². The maximum Gasteiger partial charge on any atom is 0.255 e. The number of pyridine rings is 1. The van der Waals surface area contributed by atoms with Crippen molar-refractivity contribution in [2.24, 2.45) is 0 Å².